The first-order valence-electron chi connectivity index (χ1n) is 7.51. The first kappa shape index (κ1) is 15.6. The van der Waals surface area contributed by atoms with E-state index < -0.39 is 11.7 Å². The Balaban J connectivity index is 1.75. The topological polar surface area (TPSA) is 29.1 Å². The number of benzene rings is 2. The Morgan fingerprint density at radius 1 is 1.04 bits per heavy atom. The summed E-state index contributed by atoms with van der Waals surface area (Å²) in [7, 11) is 0. The molecule has 23 heavy (non-hydrogen) atoms. The number of amides is 1. The molecule has 0 aromatic heterocycles. The maximum Gasteiger partial charge on any atom is 0.416 e. The summed E-state index contributed by atoms with van der Waals surface area (Å²) < 4.78 is 37.7. The standard InChI is InChI=1S/C18H16F3NO/c19-18(20,21)14-10-8-13(9-11-14)17(23)22-16-7-3-5-12-4-1-2-6-15(12)16/h1-2,4,6,8-11,16H,3,5,7H2,(H,22,23). The van der Waals surface area contributed by atoms with Crippen LogP contribution in [0.4, 0.5) is 13.2 Å². The van der Waals surface area contributed by atoms with Gasteiger partial charge in [-0.2, -0.15) is 13.2 Å². The highest BCUT2D eigenvalue weighted by Crippen LogP contribution is 2.31. The van der Waals surface area contributed by atoms with Crippen LogP contribution in [0.5, 0.6) is 0 Å². The minimum atomic E-state index is -4.39. The lowest BCUT2D eigenvalue weighted by Crippen LogP contribution is -2.31. The van der Waals surface area contributed by atoms with Gasteiger partial charge in [-0.3, -0.25) is 4.79 Å². The number of carbonyl (C=O) groups excluding carboxylic acids is 1. The van der Waals surface area contributed by atoms with Crippen molar-refractivity contribution in [2.45, 2.75) is 31.5 Å². The fraction of sp³-hybridized carbons (Fsp3) is 0.278. The van der Waals surface area contributed by atoms with Crippen molar-refractivity contribution >= 4 is 5.91 Å². The average Bonchev–Trinajstić information content (AvgIpc) is 2.54. The van der Waals surface area contributed by atoms with Gasteiger partial charge in [0.2, 0.25) is 0 Å². The second kappa shape index (κ2) is 6.07. The zero-order chi connectivity index (χ0) is 16.4. The van der Waals surface area contributed by atoms with Crippen LogP contribution in [0.15, 0.2) is 48.5 Å². The van der Waals surface area contributed by atoms with Crippen LogP contribution in [0.2, 0.25) is 0 Å². The van der Waals surface area contributed by atoms with E-state index in [0.29, 0.717) is 0 Å². The monoisotopic (exact) mass is 319 g/mol. The van der Waals surface area contributed by atoms with Gasteiger partial charge in [0.1, 0.15) is 0 Å². The molecule has 1 amide bonds. The number of aryl methyl sites for hydroxylation is 1. The lowest BCUT2D eigenvalue weighted by molar-refractivity contribution is -0.137. The minimum Gasteiger partial charge on any atom is -0.345 e. The molecule has 2 aromatic carbocycles. The van der Waals surface area contributed by atoms with Crippen molar-refractivity contribution in [1.82, 2.24) is 5.32 Å². The number of halogens is 3. The van der Waals surface area contributed by atoms with Crippen molar-refractivity contribution in [3.63, 3.8) is 0 Å². The van der Waals surface area contributed by atoms with E-state index in [1.165, 1.54) is 17.7 Å². The van der Waals surface area contributed by atoms with Gasteiger partial charge in [-0.25, -0.2) is 0 Å². The Labute approximate surface area is 132 Å². The molecule has 1 aliphatic carbocycles. The molecule has 2 nitrogen and oxygen atoms in total. The summed E-state index contributed by atoms with van der Waals surface area (Å²) >= 11 is 0. The first-order chi connectivity index (χ1) is 10.9. The Kier molecular flexibility index (Phi) is 4.11. The van der Waals surface area contributed by atoms with E-state index in [1.54, 1.807) is 0 Å². The first-order valence-corrected chi connectivity index (χ1v) is 7.51. The van der Waals surface area contributed by atoms with E-state index in [1.807, 2.05) is 24.3 Å². The molecule has 0 heterocycles. The number of carbonyl (C=O) groups is 1. The van der Waals surface area contributed by atoms with Crippen LogP contribution in [-0.4, -0.2) is 5.91 Å². The predicted octanol–water partition coefficient (Wildman–Crippen LogP) is 4.51. The summed E-state index contributed by atoms with van der Waals surface area (Å²) in [4.78, 5) is 12.3. The molecule has 0 fully saturated rings. The third-order valence-corrected chi connectivity index (χ3v) is 4.15. The van der Waals surface area contributed by atoms with Crippen molar-refractivity contribution in [2.75, 3.05) is 0 Å². The molecule has 0 spiro atoms. The highest BCUT2D eigenvalue weighted by atomic mass is 19.4. The molecule has 3 rings (SSSR count). The van der Waals surface area contributed by atoms with E-state index in [-0.39, 0.29) is 17.5 Å². The van der Waals surface area contributed by atoms with Crippen molar-refractivity contribution in [3.8, 4) is 0 Å². The highest BCUT2D eigenvalue weighted by molar-refractivity contribution is 5.94. The molecule has 1 atom stereocenters. The maximum atomic E-state index is 12.6. The molecule has 1 unspecified atom stereocenters. The fourth-order valence-corrected chi connectivity index (χ4v) is 2.96. The van der Waals surface area contributed by atoms with E-state index >= 15 is 0 Å². The molecule has 0 bridgehead atoms. The number of nitrogens with one attached hydrogen (secondary N) is 1. The maximum absolute atomic E-state index is 12.6. The zero-order valence-electron chi connectivity index (χ0n) is 12.4. The van der Waals surface area contributed by atoms with Gasteiger partial charge in [-0.05, 0) is 54.7 Å². The number of rotatable bonds is 2. The highest BCUT2D eigenvalue weighted by Gasteiger charge is 2.30. The summed E-state index contributed by atoms with van der Waals surface area (Å²) in [6.07, 6.45) is -1.58. The number of hydrogen-bond donors (Lipinski definition) is 1. The van der Waals surface area contributed by atoms with Crippen LogP contribution in [0.1, 0.15) is 45.9 Å². The molecular weight excluding hydrogens is 303 g/mol. The molecule has 1 N–H and O–H groups in total. The molecule has 0 radical (unpaired) electrons. The van der Waals surface area contributed by atoms with Crippen molar-refractivity contribution in [3.05, 3.63) is 70.8 Å². The van der Waals surface area contributed by atoms with Gasteiger partial charge in [-0.1, -0.05) is 24.3 Å². The number of hydrogen-bond acceptors (Lipinski definition) is 1. The van der Waals surface area contributed by atoms with Gasteiger partial charge in [0.25, 0.3) is 5.91 Å². The summed E-state index contributed by atoms with van der Waals surface area (Å²) in [5.41, 5.74) is 1.80. The Morgan fingerprint density at radius 3 is 2.43 bits per heavy atom. The fourth-order valence-electron chi connectivity index (χ4n) is 2.96. The van der Waals surface area contributed by atoms with Gasteiger partial charge < -0.3 is 5.32 Å². The van der Waals surface area contributed by atoms with Crippen molar-refractivity contribution in [2.24, 2.45) is 0 Å². The second-order valence-corrected chi connectivity index (χ2v) is 5.69. The Hall–Kier alpha value is -2.30. The quantitative estimate of drug-likeness (QED) is 0.867. The van der Waals surface area contributed by atoms with E-state index in [2.05, 4.69) is 5.32 Å². The molecule has 120 valence electrons. The average molecular weight is 319 g/mol. The SMILES string of the molecule is O=C(NC1CCCc2ccccc21)c1ccc(C(F)(F)F)cc1. The van der Waals surface area contributed by atoms with Crippen LogP contribution in [-0.2, 0) is 12.6 Å². The molecule has 1 aliphatic rings. The van der Waals surface area contributed by atoms with E-state index in [9.17, 15) is 18.0 Å². The van der Waals surface area contributed by atoms with E-state index in [0.717, 1.165) is 37.0 Å². The molecule has 0 saturated heterocycles. The molecule has 0 aliphatic heterocycles. The number of alkyl halides is 3. The zero-order valence-corrected chi connectivity index (χ0v) is 12.4. The smallest absolute Gasteiger partial charge is 0.345 e. The van der Waals surface area contributed by atoms with Gasteiger partial charge >= 0.3 is 6.18 Å². The summed E-state index contributed by atoms with van der Waals surface area (Å²) in [5, 5.41) is 2.93. The van der Waals surface area contributed by atoms with Crippen molar-refractivity contribution in [1.29, 1.82) is 0 Å². The Bertz CT molecular complexity index is 707. The third kappa shape index (κ3) is 3.38. The van der Waals surface area contributed by atoms with E-state index in [4.69, 9.17) is 0 Å². The lowest BCUT2D eigenvalue weighted by Gasteiger charge is -2.26. The molecule has 2 aromatic rings. The molecular formula is C18H16F3NO. The van der Waals surface area contributed by atoms with Crippen molar-refractivity contribution < 1.29 is 18.0 Å². The predicted molar refractivity (Wildman–Crippen MR) is 81.0 cm³/mol. The van der Waals surface area contributed by atoms with Gasteiger partial charge in [-0.15, -0.1) is 0 Å². The second-order valence-electron chi connectivity index (χ2n) is 5.69. The van der Waals surface area contributed by atoms with Gasteiger partial charge in [0.15, 0.2) is 0 Å². The minimum absolute atomic E-state index is 0.0882. The van der Waals surface area contributed by atoms with Crippen LogP contribution >= 0.6 is 0 Å². The largest absolute Gasteiger partial charge is 0.416 e. The van der Waals surface area contributed by atoms with Crippen LogP contribution in [0.3, 0.4) is 0 Å². The van der Waals surface area contributed by atoms with Crippen LogP contribution in [0, 0.1) is 0 Å². The molecule has 0 saturated carbocycles. The van der Waals surface area contributed by atoms with Crippen LogP contribution in [0.25, 0.3) is 0 Å². The Morgan fingerprint density at radius 2 is 1.74 bits per heavy atom. The van der Waals surface area contributed by atoms with Crippen LogP contribution < -0.4 is 5.32 Å². The lowest BCUT2D eigenvalue weighted by atomic mass is 9.87. The summed E-state index contributed by atoms with van der Waals surface area (Å²) in [6, 6.07) is 12.2. The normalized spacial score (nSPS) is 17.4. The van der Waals surface area contributed by atoms with Gasteiger partial charge in [0, 0.05) is 5.56 Å². The number of fused-ring (bicyclic) bond motifs is 1. The summed E-state index contributed by atoms with van der Waals surface area (Å²) in [5.74, 6) is -0.347. The summed E-state index contributed by atoms with van der Waals surface area (Å²) in [6.45, 7) is 0. The van der Waals surface area contributed by atoms with Gasteiger partial charge in [0.05, 0.1) is 11.6 Å². The third-order valence-electron chi connectivity index (χ3n) is 4.15. The molecule has 5 heteroatoms.